The van der Waals surface area contributed by atoms with Gasteiger partial charge in [-0.05, 0) is 42.5 Å². The Morgan fingerprint density at radius 3 is 2.35 bits per heavy atom. The van der Waals surface area contributed by atoms with E-state index in [0.717, 1.165) is 6.07 Å². The molecule has 20 heavy (non-hydrogen) atoms. The highest BCUT2D eigenvalue weighted by molar-refractivity contribution is 6.33. The number of hydrogen-bond donors (Lipinski definition) is 2. The van der Waals surface area contributed by atoms with Crippen LogP contribution in [0.3, 0.4) is 0 Å². The zero-order chi connectivity index (χ0) is 14.5. The molecule has 0 aliphatic heterocycles. The van der Waals surface area contributed by atoms with Crippen LogP contribution < -0.4 is 10.6 Å². The molecule has 2 rings (SSSR count). The molecule has 0 saturated heterocycles. The lowest BCUT2D eigenvalue weighted by Crippen LogP contribution is -2.21. The zero-order valence-corrected chi connectivity index (χ0v) is 11.0. The van der Waals surface area contributed by atoms with E-state index in [9.17, 15) is 13.6 Å². The maximum atomic E-state index is 12.8. The lowest BCUT2D eigenvalue weighted by molar-refractivity contribution is -0.114. The first-order chi connectivity index (χ1) is 9.54. The van der Waals surface area contributed by atoms with Gasteiger partial charge in [-0.2, -0.15) is 0 Å². The lowest BCUT2D eigenvalue weighted by Gasteiger charge is -2.09. The Balaban J connectivity index is 1.90. The average Bonchev–Trinajstić information content (AvgIpc) is 2.41. The third kappa shape index (κ3) is 3.93. The van der Waals surface area contributed by atoms with Crippen molar-refractivity contribution in [3.05, 3.63) is 59.1 Å². The van der Waals surface area contributed by atoms with Crippen molar-refractivity contribution in [2.75, 3.05) is 17.2 Å². The van der Waals surface area contributed by atoms with Crippen molar-refractivity contribution in [2.45, 2.75) is 0 Å². The molecule has 0 unspecified atom stereocenters. The summed E-state index contributed by atoms with van der Waals surface area (Å²) in [6, 6.07) is 9.32. The van der Waals surface area contributed by atoms with E-state index in [1.165, 1.54) is 36.4 Å². The van der Waals surface area contributed by atoms with Gasteiger partial charge in [0.2, 0.25) is 5.91 Å². The van der Waals surface area contributed by atoms with Gasteiger partial charge in [0.05, 0.1) is 17.3 Å². The van der Waals surface area contributed by atoms with E-state index < -0.39 is 5.82 Å². The Bertz CT molecular complexity index is 617. The summed E-state index contributed by atoms with van der Waals surface area (Å²) in [6.45, 7) is -0.0145. The number of nitrogens with one attached hydrogen (secondary N) is 2. The van der Waals surface area contributed by atoms with Crippen LogP contribution in [0, 0.1) is 11.6 Å². The maximum absolute atomic E-state index is 12.8. The Kier molecular flexibility index (Phi) is 4.53. The molecule has 104 valence electrons. The predicted octanol–water partition coefficient (Wildman–Crippen LogP) is 3.67. The van der Waals surface area contributed by atoms with E-state index in [4.69, 9.17) is 11.6 Å². The average molecular weight is 297 g/mol. The molecular weight excluding hydrogens is 286 g/mol. The third-order valence-electron chi connectivity index (χ3n) is 2.50. The summed E-state index contributed by atoms with van der Waals surface area (Å²) in [4.78, 5) is 11.7. The Morgan fingerprint density at radius 2 is 1.70 bits per heavy atom. The second kappa shape index (κ2) is 6.34. The molecule has 0 bridgehead atoms. The summed E-state index contributed by atoms with van der Waals surface area (Å²) in [5.41, 5.74) is 0.950. The minimum Gasteiger partial charge on any atom is -0.376 e. The lowest BCUT2D eigenvalue weighted by atomic mass is 10.3. The van der Waals surface area contributed by atoms with Crippen molar-refractivity contribution in [3.63, 3.8) is 0 Å². The molecule has 0 saturated carbocycles. The van der Waals surface area contributed by atoms with Crippen molar-refractivity contribution in [2.24, 2.45) is 0 Å². The normalized spacial score (nSPS) is 10.2. The van der Waals surface area contributed by atoms with E-state index in [-0.39, 0.29) is 23.3 Å². The van der Waals surface area contributed by atoms with Gasteiger partial charge in [-0.1, -0.05) is 11.6 Å². The summed E-state index contributed by atoms with van der Waals surface area (Å²) in [7, 11) is 0. The predicted molar refractivity (Wildman–Crippen MR) is 74.9 cm³/mol. The van der Waals surface area contributed by atoms with Crippen molar-refractivity contribution in [1.29, 1.82) is 0 Å². The second-order valence-corrected chi connectivity index (χ2v) is 4.44. The van der Waals surface area contributed by atoms with Gasteiger partial charge in [-0.3, -0.25) is 4.79 Å². The van der Waals surface area contributed by atoms with Crippen LogP contribution in [0.4, 0.5) is 20.2 Å². The van der Waals surface area contributed by atoms with Gasteiger partial charge >= 0.3 is 0 Å². The van der Waals surface area contributed by atoms with Crippen LogP contribution in [-0.4, -0.2) is 12.5 Å². The topological polar surface area (TPSA) is 41.1 Å². The summed E-state index contributed by atoms with van der Waals surface area (Å²) in [6.07, 6.45) is 0. The molecule has 0 aliphatic rings. The molecule has 2 aromatic rings. The molecule has 0 atom stereocenters. The van der Waals surface area contributed by atoms with Crippen molar-refractivity contribution in [3.8, 4) is 0 Å². The Hall–Kier alpha value is -2.14. The first-order valence-electron chi connectivity index (χ1n) is 5.79. The van der Waals surface area contributed by atoms with Crippen molar-refractivity contribution < 1.29 is 13.6 Å². The van der Waals surface area contributed by atoms with Crippen LogP contribution in [0.1, 0.15) is 0 Å². The number of carbonyl (C=O) groups excluding carboxylic acids is 1. The number of hydrogen-bond acceptors (Lipinski definition) is 2. The fourth-order valence-corrected chi connectivity index (χ4v) is 1.75. The Labute approximate surface area is 119 Å². The van der Waals surface area contributed by atoms with Gasteiger partial charge in [0.15, 0.2) is 0 Å². The largest absolute Gasteiger partial charge is 0.376 e. The highest BCUT2D eigenvalue weighted by Gasteiger charge is 2.06. The summed E-state index contributed by atoms with van der Waals surface area (Å²) < 4.78 is 25.5. The summed E-state index contributed by atoms with van der Waals surface area (Å²) in [5.74, 6) is -1.17. The highest BCUT2D eigenvalue weighted by Crippen LogP contribution is 2.22. The van der Waals surface area contributed by atoms with Gasteiger partial charge in [0.25, 0.3) is 0 Å². The fraction of sp³-hybridized carbons (Fsp3) is 0.0714. The quantitative estimate of drug-likeness (QED) is 0.904. The van der Waals surface area contributed by atoms with Gasteiger partial charge in [0.1, 0.15) is 11.6 Å². The van der Waals surface area contributed by atoms with E-state index >= 15 is 0 Å². The SMILES string of the molecule is O=C(CNc1ccc(F)cc1)Nc1ccc(F)cc1Cl. The number of anilines is 2. The number of carbonyl (C=O) groups is 1. The molecule has 0 spiro atoms. The maximum Gasteiger partial charge on any atom is 0.243 e. The number of rotatable bonds is 4. The minimum absolute atomic E-state index is 0.0145. The van der Waals surface area contributed by atoms with Crippen molar-refractivity contribution in [1.82, 2.24) is 0 Å². The smallest absolute Gasteiger partial charge is 0.243 e. The first-order valence-corrected chi connectivity index (χ1v) is 6.17. The van der Waals surface area contributed by atoms with Crippen LogP contribution >= 0.6 is 11.6 Å². The van der Waals surface area contributed by atoms with E-state index in [2.05, 4.69) is 10.6 Å². The number of amides is 1. The third-order valence-corrected chi connectivity index (χ3v) is 2.82. The van der Waals surface area contributed by atoms with Crippen molar-refractivity contribution >= 4 is 28.9 Å². The molecular formula is C14H11ClF2N2O. The summed E-state index contributed by atoms with van der Waals surface area (Å²) >= 11 is 5.79. The second-order valence-electron chi connectivity index (χ2n) is 4.03. The van der Waals surface area contributed by atoms with E-state index in [1.807, 2.05) is 0 Å². The standard InChI is InChI=1S/C14H11ClF2N2O/c15-12-7-10(17)3-6-13(12)19-14(20)8-18-11-4-1-9(16)2-5-11/h1-7,18H,8H2,(H,19,20). The van der Waals surface area contributed by atoms with Gasteiger partial charge in [0, 0.05) is 5.69 Å². The first kappa shape index (κ1) is 14.3. The van der Waals surface area contributed by atoms with Crippen LogP contribution in [0.5, 0.6) is 0 Å². The molecule has 1 amide bonds. The molecule has 0 heterocycles. The van der Waals surface area contributed by atoms with Crippen LogP contribution in [-0.2, 0) is 4.79 Å². The molecule has 6 heteroatoms. The molecule has 0 fully saturated rings. The summed E-state index contributed by atoms with van der Waals surface area (Å²) in [5, 5.41) is 5.50. The monoisotopic (exact) mass is 296 g/mol. The molecule has 0 aromatic heterocycles. The highest BCUT2D eigenvalue weighted by atomic mass is 35.5. The number of benzene rings is 2. The van der Waals surface area contributed by atoms with Crippen LogP contribution in [0.25, 0.3) is 0 Å². The molecule has 0 aliphatic carbocycles. The number of halogens is 3. The minimum atomic E-state index is -0.475. The zero-order valence-electron chi connectivity index (χ0n) is 10.3. The van der Waals surface area contributed by atoms with E-state index in [1.54, 1.807) is 0 Å². The Morgan fingerprint density at radius 1 is 1.05 bits per heavy atom. The van der Waals surface area contributed by atoms with Gasteiger partial charge in [-0.15, -0.1) is 0 Å². The molecule has 0 radical (unpaired) electrons. The van der Waals surface area contributed by atoms with Gasteiger partial charge in [-0.25, -0.2) is 8.78 Å². The van der Waals surface area contributed by atoms with Crippen LogP contribution in [0.2, 0.25) is 5.02 Å². The molecule has 3 nitrogen and oxygen atoms in total. The fourth-order valence-electron chi connectivity index (χ4n) is 1.54. The van der Waals surface area contributed by atoms with E-state index in [0.29, 0.717) is 11.4 Å². The van der Waals surface area contributed by atoms with Gasteiger partial charge < -0.3 is 10.6 Å². The molecule has 2 aromatic carbocycles. The van der Waals surface area contributed by atoms with Crippen LogP contribution in [0.15, 0.2) is 42.5 Å². The molecule has 2 N–H and O–H groups in total.